The standard InChI is InChI=1S/C14H16N6OS/c21-13(9-22-14-15-4-3-5-16-14)19-11-8-12(18-10-17-11)20-6-1-2-7-20/h3-5,8,10H,1-2,6-7,9H2,(H,17,18,19,21). The summed E-state index contributed by atoms with van der Waals surface area (Å²) < 4.78 is 0. The molecule has 0 bridgehead atoms. The Morgan fingerprint density at radius 2 is 1.95 bits per heavy atom. The first-order chi connectivity index (χ1) is 10.8. The molecule has 2 aromatic heterocycles. The van der Waals surface area contributed by atoms with Gasteiger partial charge in [0.05, 0.1) is 5.75 Å². The number of nitrogens with one attached hydrogen (secondary N) is 1. The van der Waals surface area contributed by atoms with E-state index in [9.17, 15) is 4.79 Å². The Morgan fingerprint density at radius 3 is 2.73 bits per heavy atom. The fraction of sp³-hybridized carbons (Fsp3) is 0.357. The third kappa shape index (κ3) is 3.91. The van der Waals surface area contributed by atoms with Crippen LogP contribution >= 0.6 is 11.8 Å². The average molecular weight is 316 g/mol. The van der Waals surface area contributed by atoms with E-state index in [1.165, 1.54) is 30.9 Å². The molecule has 8 heteroatoms. The lowest BCUT2D eigenvalue weighted by Gasteiger charge is -2.16. The van der Waals surface area contributed by atoms with Crippen molar-refractivity contribution in [3.63, 3.8) is 0 Å². The van der Waals surface area contributed by atoms with Gasteiger partial charge in [0.2, 0.25) is 5.91 Å². The molecule has 0 aromatic carbocycles. The van der Waals surface area contributed by atoms with Gasteiger partial charge in [0, 0.05) is 31.5 Å². The Hall–Kier alpha value is -2.22. The zero-order chi connectivity index (χ0) is 15.2. The number of carbonyl (C=O) groups excluding carboxylic acids is 1. The normalized spacial score (nSPS) is 14.1. The molecule has 114 valence electrons. The minimum absolute atomic E-state index is 0.136. The number of rotatable bonds is 5. The van der Waals surface area contributed by atoms with Crippen molar-refractivity contribution in [1.29, 1.82) is 0 Å². The predicted molar refractivity (Wildman–Crippen MR) is 84.9 cm³/mol. The molecule has 1 saturated heterocycles. The van der Waals surface area contributed by atoms with Crippen LogP contribution in [0.2, 0.25) is 0 Å². The molecule has 2 aromatic rings. The Balaban J connectivity index is 1.56. The zero-order valence-corrected chi connectivity index (χ0v) is 12.8. The van der Waals surface area contributed by atoms with Gasteiger partial charge in [-0.25, -0.2) is 19.9 Å². The number of amides is 1. The third-order valence-corrected chi connectivity index (χ3v) is 4.10. The second-order valence-corrected chi connectivity index (χ2v) is 5.77. The lowest BCUT2D eigenvalue weighted by Crippen LogP contribution is -2.20. The molecular formula is C14H16N6OS. The SMILES string of the molecule is O=C(CSc1ncccn1)Nc1cc(N2CCCC2)ncn1. The Morgan fingerprint density at radius 1 is 1.18 bits per heavy atom. The smallest absolute Gasteiger partial charge is 0.236 e. The molecule has 0 unspecified atom stereocenters. The van der Waals surface area contributed by atoms with Crippen LogP contribution in [0.15, 0.2) is 36.0 Å². The number of nitrogens with zero attached hydrogens (tertiary/aromatic N) is 5. The van der Waals surface area contributed by atoms with E-state index in [0.717, 1.165) is 18.9 Å². The van der Waals surface area contributed by atoms with Crippen molar-refractivity contribution >= 4 is 29.3 Å². The largest absolute Gasteiger partial charge is 0.356 e. The average Bonchev–Trinajstić information content (AvgIpc) is 3.09. The molecule has 0 aliphatic carbocycles. The molecule has 7 nitrogen and oxygen atoms in total. The molecule has 0 spiro atoms. The van der Waals surface area contributed by atoms with Gasteiger partial charge in [-0.15, -0.1) is 0 Å². The van der Waals surface area contributed by atoms with E-state index in [4.69, 9.17) is 0 Å². The van der Waals surface area contributed by atoms with Gasteiger partial charge in [-0.05, 0) is 18.9 Å². The molecule has 0 saturated carbocycles. The zero-order valence-electron chi connectivity index (χ0n) is 12.0. The van der Waals surface area contributed by atoms with Crippen molar-refractivity contribution in [2.24, 2.45) is 0 Å². The maximum Gasteiger partial charge on any atom is 0.236 e. The van der Waals surface area contributed by atoms with E-state index in [2.05, 4.69) is 30.2 Å². The number of aromatic nitrogens is 4. The maximum absolute atomic E-state index is 12.0. The van der Waals surface area contributed by atoms with E-state index in [0.29, 0.717) is 11.0 Å². The summed E-state index contributed by atoms with van der Waals surface area (Å²) in [4.78, 5) is 30.6. The molecule has 3 heterocycles. The lowest BCUT2D eigenvalue weighted by atomic mass is 10.4. The number of carbonyl (C=O) groups is 1. The second kappa shape index (κ2) is 7.17. The van der Waals surface area contributed by atoms with Crippen molar-refractivity contribution in [2.45, 2.75) is 18.0 Å². The summed E-state index contributed by atoms with van der Waals surface area (Å²) in [6.07, 6.45) is 7.15. The van der Waals surface area contributed by atoms with Crippen molar-refractivity contribution in [2.75, 3.05) is 29.1 Å². The monoisotopic (exact) mass is 316 g/mol. The van der Waals surface area contributed by atoms with Crippen LogP contribution in [0.25, 0.3) is 0 Å². The minimum Gasteiger partial charge on any atom is -0.356 e. The molecule has 1 N–H and O–H groups in total. The van der Waals surface area contributed by atoms with Crippen LogP contribution in [0.5, 0.6) is 0 Å². The van der Waals surface area contributed by atoms with Crippen molar-refractivity contribution in [1.82, 2.24) is 19.9 Å². The third-order valence-electron chi connectivity index (χ3n) is 3.22. The molecule has 3 rings (SSSR count). The lowest BCUT2D eigenvalue weighted by molar-refractivity contribution is -0.113. The number of anilines is 2. The highest BCUT2D eigenvalue weighted by Gasteiger charge is 2.14. The van der Waals surface area contributed by atoms with Gasteiger partial charge >= 0.3 is 0 Å². The van der Waals surface area contributed by atoms with Crippen LogP contribution in [-0.2, 0) is 4.79 Å². The highest BCUT2D eigenvalue weighted by atomic mass is 32.2. The van der Waals surface area contributed by atoms with Gasteiger partial charge in [-0.3, -0.25) is 4.79 Å². The Bertz CT molecular complexity index is 632. The highest BCUT2D eigenvalue weighted by molar-refractivity contribution is 7.99. The molecule has 1 aliphatic rings. The molecule has 0 radical (unpaired) electrons. The highest BCUT2D eigenvalue weighted by Crippen LogP contribution is 2.19. The first-order valence-electron chi connectivity index (χ1n) is 7.08. The molecule has 1 aliphatic heterocycles. The van der Waals surface area contributed by atoms with Crippen LogP contribution in [0, 0.1) is 0 Å². The summed E-state index contributed by atoms with van der Waals surface area (Å²) in [7, 11) is 0. The van der Waals surface area contributed by atoms with E-state index in [-0.39, 0.29) is 11.7 Å². The van der Waals surface area contributed by atoms with Crippen LogP contribution in [0.3, 0.4) is 0 Å². The van der Waals surface area contributed by atoms with Gasteiger partial charge < -0.3 is 10.2 Å². The van der Waals surface area contributed by atoms with Crippen molar-refractivity contribution in [3.8, 4) is 0 Å². The summed E-state index contributed by atoms with van der Waals surface area (Å²) in [5.41, 5.74) is 0. The molecular weight excluding hydrogens is 300 g/mol. The number of hydrogen-bond acceptors (Lipinski definition) is 7. The number of thioether (sulfide) groups is 1. The van der Waals surface area contributed by atoms with Gasteiger partial charge in [-0.1, -0.05) is 11.8 Å². The molecule has 22 heavy (non-hydrogen) atoms. The summed E-state index contributed by atoms with van der Waals surface area (Å²) in [5, 5.41) is 3.36. The Kier molecular flexibility index (Phi) is 4.79. The van der Waals surface area contributed by atoms with Gasteiger partial charge in [0.15, 0.2) is 5.16 Å². The molecule has 0 atom stereocenters. The first-order valence-corrected chi connectivity index (χ1v) is 8.06. The summed E-state index contributed by atoms with van der Waals surface area (Å²) in [6.45, 7) is 2.01. The van der Waals surface area contributed by atoms with E-state index in [1.54, 1.807) is 18.5 Å². The van der Waals surface area contributed by atoms with Crippen LogP contribution in [0.1, 0.15) is 12.8 Å². The van der Waals surface area contributed by atoms with Crippen LogP contribution in [-0.4, -0.2) is 44.7 Å². The van der Waals surface area contributed by atoms with Gasteiger partial charge in [0.1, 0.15) is 18.0 Å². The molecule has 1 amide bonds. The van der Waals surface area contributed by atoms with Gasteiger partial charge in [-0.2, -0.15) is 0 Å². The van der Waals surface area contributed by atoms with Crippen LogP contribution in [0.4, 0.5) is 11.6 Å². The second-order valence-electron chi connectivity index (χ2n) is 4.82. The van der Waals surface area contributed by atoms with Crippen LogP contribution < -0.4 is 10.2 Å². The van der Waals surface area contributed by atoms with E-state index >= 15 is 0 Å². The predicted octanol–water partition coefficient (Wildman–Crippen LogP) is 1.60. The van der Waals surface area contributed by atoms with Crippen molar-refractivity contribution < 1.29 is 4.79 Å². The van der Waals surface area contributed by atoms with Crippen molar-refractivity contribution in [3.05, 3.63) is 30.9 Å². The quantitative estimate of drug-likeness (QED) is 0.662. The summed E-state index contributed by atoms with van der Waals surface area (Å²) in [5.74, 6) is 1.49. The maximum atomic E-state index is 12.0. The van der Waals surface area contributed by atoms with E-state index < -0.39 is 0 Å². The first kappa shape index (κ1) is 14.7. The Labute approximate surface area is 132 Å². The topological polar surface area (TPSA) is 83.9 Å². The summed E-state index contributed by atoms with van der Waals surface area (Å²) >= 11 is 1.29. The minimum atomic E-state index is -0.136. The summed E-state index contributed by atoms with van der Waals surface area (Å²) in [6, 6.07) is 3.55. The van der Waals surface area contributed by atoms with Gasteiger partial charge in [0.25, 0.3) is 0 Å². The molecule has 1 fully saturated rings. The fourth-order valence-corrected chi connectivity index (χ4v) is 2.81. The van der Waals surface area contributed by atoms with E-state index in [1.807, 2.05) is 6.07 Å². The fourth-order valence-electron chi connectivity index (χ4n) is 2.20. The number of hydrogen-bond donors (Lipinski definition) is 1.